The zero-order valence-corrected chi connectivity index (χ0v) is 13.3. The van der Waals surface area contributed by atoms with E-state index < -0.39 is 23.5 Å². The van der Waals surface area contributed by atoms with Gasteiger partial charge in [0, 0.05) is 5.56 Å². The van der Waals surface area contributed by atoms with Crippen LogP contribution in [0.15, 0.2) is 43.0 Å². The van der Waals surface area contributed by atoms with E-state index in [4.69, 9.17) is 4.74 Å². The van der Waals surface area contributed by atoms with Crippen LogP contribution in [0.4, 0.5) is 26.3 Å². The molecular weight excluding hydrogens is 346 g/mol. The van der Waals surface area contributed by atoms with E-state index in [1.807, 2.05) is 0 Å². The Morgan fingerprint density at radius 1 is 0.840 bits per heavy atom. The average molecular weight is 360 g/mol. The fourth-order valence-electron chi connectivity index (χ4n) is 2.34. The molecule has 0 spiro atoms. The van der Waals surface area contributed by atoms with E-state index in [1.165, 1.54) is 25.3 Å². The molecule has 1 nitrogen and oxygen atoms in total. The first kappa shape index (κ1) is 18.9. The molecule has 0 N–H and O–H groups in total. The van der Waals surface area contributed by atoms with Crippen LogP contribution in [0, 0.1) is 0 Å². The Morgan fingerprint density at radius 2 is 1.36 bits per heavy atom. The Hall–Kier alpha value is -2.44. The van der Waals surface area contributed by atoms with E-state index >= 15 is 0 Å². The molecule has 2 aromatic rings. The summed E-state index contributed by atoms with van der Waals surface area (Å²) in [6.45, 7) is 5.40. The monoisotopic (exact) mass is 360 g/mol. The predicted molar refractivity (Wildman–Crippen MR) is 83.1 cm³/mol. The number of methoxy groups -OCH3 is 1. The first-order chi connectivity index (χ1) is 11.4. The second-order valence-corrected chi connectivity index (χ2v) is 5.49. The molecule has 7 heteroatoms. The maximum absolute atomic E-state index is 13.0. The van der Waals surface area contributed by atoms with Crippen LogP contribution in [-0.4, -0.2) is 7.11 Å². The molecular formula is C18H14F6O. The maximum Gasteiger partial charge on any atom is 0.416 e. The predicted octanol–water partition coefficient (Wildman–Crippen LogP) is 6.43. The van der Waals surface area contributed by atoms with Crippen molar-refractivity contribution in [2.24, 2.45) is 0 Å². The summed E-state index contributed by atoms with van der Waals surface area (Å²) >= 11 is 0. The second kappa shape index (κ2) is 6.46. The van der Waals surface area contributed by atoms with Gasteiger partial charge in [-0.15, -0.1) is 0 Å². The van der Waals surface area contributed by atoms with Gasteiger partial charge in [-0.05, 0) is 54.0 Å². The Bertz CT molecular complexity index is 770. The third-order valence-corrected chi connectivity index (χ3v) is 3.58. The number of halogens is 6. The van der Waals surface area contributed by atoms with Gasteiger partial charge in [0.2, 0.25) is 0 Å². The van der Waals surface area contributed by atoms with Crippen molar-refractivity contribution >= 4 is 5.57 Å². The number of hydrogen-bond acceptors (Lipinski definition) is 1. The molecule has 0 bridgehead atoms. The van der Waals surface area contributed by atoms with Gasteiger partial charge in [-0.1, -0.05) is 12.6 Å². The van der Waals surface area contributed by atoms with Gasteiger partial charge in [0.15, 0.2) is 0 Å². The standard InChI is InChI=1S/C18H14F6O/c1-10(2)15-8-11(4-5-16(15)25-3)12-6-13(17(19,20)21)9-14(7-12)18(22,23)24/h4-9H,1H2,2-3H3. The van der Waals surface area contributed by atoms with Crippen molar-refractivity contribution in [1.29, 1.82) is 0 Å². The van der Waals surface area contributed by atoms with Crippen LogP contribution in [0.3, 0.4) is 0 Å². The highest BCUT2D eigenvalue weighted by molar-refractivity contribution is 5.75. The highest BCUT2D eigenvalue weighted by Crippen LogP contribution is 2.39. The van der Waals surface area contributed by atoms with Crippen molar-refractivity contribution in [1.82, 2.24) is 0 Å². The van der Waals surface area contributed by atoms with Gasteiger partial charge >= 0.3 is 12.4 Å². The maximum atomic E-state index is 13.0. The molecule has 0 amide bonds. The van der Waals surface area contributed by atoms with Crippen molar-refractivity contribution in [3.63, 3.8) is 0 Å². The fourth-order valence-corrected chi connectivity index (χ4v) is 2.34. The van der Waals surface area contributed by atoms with Crippen LogP contribution in [-0.2, 0) is 12.4 Å². The largest absolute Gasteiger partial charge is 0.496 e. The van der Waals surface area contributed by atoms with E-state index in [2.05, 4.69) is 6.58 Å². The number of alkyl halides is 6. The Kier molecular flexibility index (Phi) is 4.88. The van der Waals surface area contributed by atoms with Crippen LogP contribution in [0.5, 0.6) is 5.75 Å². The number of hydrogen-bond donors (Lipinski definition) is 0. The first-order valence-corrected chi connectivity index (χ1v) is 7.07. The van der Waals surface area contributed by atoms with E-state index in [9.17, 15) is 26.3 Å². The first-order valence-electron chi connectivity index (χ1n) is 7.07. The van der Waals surface area contributed by atoms with Crippen LogP contribution in [0.1, 0.15) is 23.6 Å². The van der Waals surface area contributed by atoms with Crippen LogP contribution in [0.2, 0.25) is 0 Å². The molecule has 0 fully saturated rings. The van der Waals surface area contributed by atoms with Crippen molar-refractivity contribution in [3.8, 4) is 16.9 Å². The molecule has 0 heterocycles. The van der Waals surface area contributed by atoms with Gasteiger partial charge in [0.25, 0.3) is 0 Å². The van der Waals surface area contributed by atoms with Gasteiger partial charge in [0.05, 0.1) is 18.2 Å². The minimum absolute atomic E-state index is 0.104. The molecule has 0 aliphatic rings. The highest BCUT2D eigenvalue weighted by atomic mass is 19.4. The van der Waals surface area contributed by atoms with Crippen LogP contribution < -0.4 is 4.74 Å². The number of benzene rings is 2. The SMILES string of the molecule is C=C(C)c1cc(-c2cc(C(F)(F)F)cc(C(F)(F)F)c2)ccc1OC. The minimum atomic E-state index is -4.89. The third-order valence-electron chi connectivity index (χ3n) is 3.58. The number of allylic oxidation sites excluding steroid dienone is 1. The average Bonchev–Trinajstić information content (AvgIpc) is 2.52. The molecule has 0 aromatic heterocycles. The lowest BCUT2D eigenvalue weighted by Gasteiger charge is -2.16. The van der Waals surface area contributed by atoms with E-state index in [1.54, 1.807) is 6.92 Å². The van der Waals surface area contributed by atoms with E-state index in [0.717, 1.165) is 0 Å². The minimum Gasteiger partial charge on any atom is -0.496 e. The Labute approximate surface area is 140 Å². The second-order valence-electron chi connectivity index (χ2n) is 5.49. The summed E-state index contributed by atoms with van der Waals surface area (Å²) in [5.74, 6) is 0.430. The molecule has 0 saturated heterocycles. The quantitative estimate of drug-likeness (QED) is 0.573. The molecule has 0 atom stereocenters. The molecule has 0 aliphatic carbocycles. The molecule has 2 aromatic carbocycles. The zero-order chi connectivity index (χ0) is 19.0. The Morgan fingerprint density at radius 3 is 1.76 bits per heavy atom. The van der Waals surface area contributed by atoms with Gasteiger partial charge in [-0.3, -0.25) is 0 Å². The molecule has 134 valence electrons. The van der Waals surface area contributed by atoms with Gasteiger partial charge in [-0.2, -0.15) is 26.3 Å². The molecule has 0 radical (unpaired) electrons. The summed E-state index contributed by atoms with van der Waals surface area (Å²) in [4.78, 5) is 0. The summed E-state index contributed by atoms with van der Waals surface area (Å²) in [7, 11) is 1.41. The smallest absolute Gasteiger partial charge is 0.416 e. The molecule has 0 saturated carbocycles. The topological polar surface area (TPSA) is 9.23 Å². The van der Waals surface area contributed by atoms with Crippen molar-refractivity contribution in [2.75, 3.05) is 7.11 Å². The third kappa shape index (κ3) is 4.15. The molecule has 0 aliphatic heterocycles. The van der Waals surface area contributed by atoms with Gasteiger partial charge in [0.1, 0.15) is 5.75 Å². The van der Waals surface area contributed by atoms with Crippen molar-refractivity contribution in [2.45, 2.75) is 19.3 Å². The highest BCUT2D eigenvalue weighted by Gasteiger charge is 2.37. The summed E-state index contributed by atoms with van der Waals surface area (Å²) < 4.78 is 83.0. The number of rotatable bonds is 3. The summed E-state index contributed by atoms with van der Waals surface area (Å²) in [5.41, 5.74) is -1.62. The van der Waals surface area contributed by atoms with E-state index in [0.29, 0.717) is 29.0 Å². The summed E-state index contributed by atoms with van der Waals surface area (Å²) in [5, 5.41) is 0. The fraction of sp³-hybridized carbons (Fsp3) is 0.222. The van der Waals surface area contributed by atoms with Crippen molar-refractivity contribution < 1.29 is 31.1 Å². The zero-order valence-electron chi connectivity index (χ0n) is 13.3. The lowest BCUT2D eigenvalue weighted by Crippen LogP contribution is -2.11. The van der Waals surface area contributed by atoms with E-state index in [-0.39, 0.29) is 17.2 Å². The Balaban J connectivity index is 2.70. The molecule has 2 rings (SSSR count). The van der Waals surface area contributed by atoms with Gasteiger partial charge < -0.3 is 4.74 Å². The van der Waals surface area contributed by atoms with Gasteiger partial charge in [-0.25, -0.2) is 0 Å². The van der Waals surface area contributed by atoms with Crippen LogP contribution in [0.25, 0.3) is 16.7 Å². The van der Waals surface area contributed by atoms with Crippen LogP contribution >= 0.6 is 0 Å². The summed E-state index contributed by atoms with van der Waals surface area (Å²) in [6.07, 6.45) is -9.78. The van der Waals surface area contributed by atoms with Crippen molar-refractivity contribution in [3.05, 3.63) is 59.7 Å². The molecule has 25 heavy (non-hydrogen) atoms. The molecule has 0 unspecified atom stereocenters. The lowest BCUT2D eigenvalue weighted by atomic mass is 9.96. The normalized spacial score (nSPS) is 12.2. The number of ether oxygens (including phenoxy) is 1. The summed E-state index contributed by atoms with van der Waals surface area (Å²) in [6, 6.07) is 5.83. The lowest BCUT2D eigenvalue weighted by molar-refractivity contribution is -0.143.